The van der Waals surface area contributed by atoms with Crippen molar-refractivity contribution in [2.24, 2.45) is 0 Å². The van der Waals surface area contributed by atoms with E-state index in [0.717, 1.165) is 5.56 Å². The summed E-state index contributed by atoms with van der Waals surface area (Å²) in [5.74, 6) is -1.19. The van der Waals surface area contributed by atoms with Crippen molar-refractivity contribution in [1.29, 1.82) is 0 Å². The second kappa shape index (κ2) is 8.78. The Morgan fingerprint density at radius 1 is 0.931 bits per heavy atom. The molecule has 0 spiro atoms. The lowest BCUT2D eigenvalue weighted by Crippen LogP contribution is -2.42. The van der Waals surface area contributed by atoms with Gasteiger partial charge in [-0.1, -0.05) is 17.7 Å². The minimum atomic E-state index is -3.87. The van der Waals surface area contributed by atoms with Crippen molar-refractivity contribution < 1.29 is 26.8 Å². The number of aryl methyl sites for hydroxylation is 1. The van der Waals surface area contributed by atoms with Gasteiger partial charge < -0.3 is 19.5 Å². The van der Waals surface area contributed by atoms with Crippen LogP contribution in [-0.2, 0) is 26.0 Å². The number of carbonyl (C=O) groups excluding carboxylic acids is 2. The molecule has 2 heterocycles. The van der Waals surface area contributed by atoms with Crippen LogP contribution in [0.4, 0.5) is 0 Å². The van der Waals surface area contributed by atoms with Gasteiger partial charge in [0.05, 0.1) is 24.0 Å². The van der Waals surface area contributed by atoms with E-state index in [2.05, 4.69) is 10.6 Å². The largest absolute Gasteiger partial charge is 0.468 e. The number of carbonyl (C=O) groups is 2. The second-order valence-corrected chi connectivity index (χ2v) is 8.46. The number of hydrogen-bond acceptors (Lipinski definition) is 6. The molecule has 29 heavy (non-hydrogen) atoms. The molecule has 9 heteroatoms. The predicted octanol–water partition coefficient (Wildman–Crippen LogP) is 2.13. The summed E-state index contributed by atoms with van der Waals surface area (Å²) in [6.07, 6.45) is 2.80. The van der Waals surface area contributed by atoms with Crippen molar-refractivity contribution in [2.75, 3.05) is 6.54 Å². The highest BCUT2D eigenvalue weighted by molar-refractivity contribution is 7.91. The molecule has 0 bridgehead atoms. The van der Waals surface area contributed by atoms with Gasteiger partial charge in [-0.25, -0.2) is 8.42 Å². The smallest absolute Gasteiger partial charge is 0.309 e. The summed E-state index contributed by atoms with van der Waals surface area (Å²) in [7, 11) is -3.87. The summed E-state index contributed by atoms with van der Waals surface area (Å²) in [4.78, 5) is 24.2. The van der Waals surface area contributed by atoms with Crippen LogP contribution in [-0.4, -0.2) is 26.8 Å². The van der Waals surface area contributed by atoms with Gasteiger partial charge >= 0.3 is 11.8 Å². The van der Waals surface area contributed by atoms with Crippen LogP contribution in [0.5, 0.6) is 0 Å². The molecule has 3 rings (SSSR count). The van der Waals surface area contributed by atoms with Crippen molar-refractivity contribution in [3.05, 3.63) is 78.1 Å². The van der Waals surface area contributed by atoms with Gasteiger partial charge in [0.2, 0.25) is 0 Å². The molecular weight excluding hydrogens is 396 g/mol. The number of amides is 2. The number of furan rings is 2. The fourth-order valence-electron chi connectivity index (χ4n) is 2.66. The monoisotopic (exact) mass is 416 g/mol. The SMILES string of the molecule is Cc1ccc(S(=O)(=O)C(CNC(=O)C(=O)NCc2ccco2)c2ccco2)cc1. The van der Waals surface area contributed by atoms with Gasteiger partial charge in [0, 0.05) is 6.54 Å². The first-order valence-electron chi connectivity index (χ1n) is 8.80. The third-order valence-corrected chi connectivity index (χ3v) is 6.32. The maximum atomic E-state index is 13.1. The number of sulfone groups is 1. The standard InChI is InChI=1S/C20H20N2O6S/c1-14-6-8-16(9-7-14)29(25,26)18(17-5-3-11-28-17)13-22-20(24)19(23)21-12-15-4-2-10-27-15/h2-11,18H,12-13H2,1H3,(H,21,23)(H,22,24). The van der Waals surface area contributed by atoms with Crippen LogP contribution >= 0.6 is 0 Å². The van der Waals surface area contributed by atoms with Crippen LogP contribution < -0.4 is 10.6 Å². The van der Waals surface area contributed by atoms with Gasteiger partial charge in [0.1, 0.15) is 16.8 Å². The Hall–Kier alpha value is -3.33. The summed E-state index contributed by atoms with van der Waals surface area (Å²) in [6.45, 7) is 1.57. The Morgan fingerprint density at radius 3 is 2.21 bits per heavy atom. The molecule has 0 aliphatic heterocycles. The minimum absolute atomic E-state index is 0.0442. The number of nitrogens with one attached hydrogen (secondary N) is 2. The third kappa shape index (κ3) is 4.94. The van der Waals surface area contributed by atoms with Gasteiger partial charge in [0.15, 0.2) is 9.84 Å². The van der Waals surface area contributed by atoms with Crippen LogP contribution in [0, 0.1) is 6.92 Å². The highest BCUT2D eigenvalue weighted by Crippen LogP contribution is 2.29. The highest BCUT2D eigenvalue weighted by atomic mass is 32.2. The topological polar surface area (TPSA) is 119 Å². The maximum Gasteiger partial charge on any atom is 0.309 e. The Balaban J connectivity index is 1.70. The van der Waals surface area contributed by atoms with E-state index in [9.17, 15) is 18.0 Å². The summed E-state index contributed by atoms with van der Waals surface area (Å²) in [6, 6.07) is 12.8. The van der Waals surface area contributed by atoms with Gasteiger partial charge in [-0.2, -0.15) is 0 Å². The summed E-state index contributed by atoms with van der Waals surface area (Å²) >= 11 is 0. The van der Waals surface area contributed by atoms with E-state index < -0.39 is 26.9 Å². The summed E-state index contributed by atoms with van der Waals surface area (Å²) in [5.41, 5.74) is 0.917. The number of rotatable bonds is 7. The van der Waals surface area contributed by atoms with Crippen LogP contribution in [0.1, 0.15) is 22.3 Å². The Labute approximate surface area is 167 Å². The molecule has 2 amide bonds. The molecule has 2 aromatic heterocycles. The Morgan fingerprint density at radius 2 is 1.59 bits per heavy atom. The van der Waals surface area contributed by atoms with Crippen LogP contribution in [0.3, 0.4) is 0 Å². The van der Waals surface area contributed by atoms with Gasteiger partial charge in [0.25, 0.3) is 0 Å². The molecule has 0 aliphatic rings. The second-order valence-electron chi connectivity index (χ2n) is 6.33. The molecule has 0 radical (unpaired) electrons. The molecule has 1 unspecified atom stereocenters. The van der Waals surface area contributed by atoms with Crippen molar-refractivity contribution in [3.63, 3.8) is 0 Å². The molecule has 2 N–H and O–H groups in total. The lowest BCUT2D eigenvalue weighted by Gasteiger charge is -2.16. The zero-order valence-electron chi connectivity index (χ0n) is 15.6. The van der Waals surface area contributed by atoms with E-state index in [1.54, 1.807) is 30.3 Å². The zero-order chi connectivity index (χ0) is 20.9. The van der Waals surface area contributed by atoms with E-state index >= 15 is 0 Å². The fourth-order valence-corrected chi connectivity index (χ4v) is 4.24. The third-order valence-electron chi connectivity index (χ3n) is 4.24. The van der Waals surface area contributed by atoms with Crippen molar-refractivity contribution >= 4 is 21.7 Å². The van der Waals surface area contributed by atoms with E-state index in [0.29, 0.717) is 5.76 Å². The van der Waals surface area contributed by atoms with Crippen LogP contribution in [0.2, 0.25) is 0 Å². The lowest BCUT2D eigenvalue weighted by atomic mass is 10.2. The first-order chi connectivity index (χ1) is 13.9. The quantitative estimate of drug-likeness (QED) is 0.570. The zero-order valence-corrected chi connectivity index (χ0v) is 16.4. The average Bonchev–Trinajstić information content (AvgIpc) is 3.40. The summed E-state index contributed by atoms with van der Waals surface area (Å²) < 4.78 is 36.5. The molecule has 0 aliphatic carbocycles. The molecule has 3 aromatic rings. The van der Waals surface area contributed by atoms with Crippen molar-refractivity contribution in [2.45, 2.75) is 23.6 Å². The normalized spacial score (nSPS) is 12.3. The average molecular weight is 416 g/mol. The number of hydrogen-bond donors (Lipinski definition) is 2. The number of benzene rings is 1. The lowest BCUT2D eigenvalue weighted by molar-refractivity contribution is -0.139. The van der Waals surface area contributed by atoms with E-state index in [-0.39, 0.29) is 23.7 Å². The fraction of sp³-hybridized carbons (Fsp3) is 0.200. The maximum absolute atomic E-state index is 13.1. The van der Waals surface area contributed by atoms with Gasteiger partial charge in [-0.15, -0.1) is 0 Å². The molecular formula is C20H20N2O6S. The molecule has 0 saturated carbocycles. The molecule has 1 aromatic carbocycles. The van der Waals surface area contributed by atoms with Crippen molar-refractivity contribution in [1.82, 2.24) is 10.6 Å². The van der Waals surface area contributed by atoms with Gasteiger partial charge in [-0.3, -0.25) is 9.59 Å². The first-order valence-corrected chi connectivity index (χ1v) is 10.3. The minimum Gasteiger partial charge on any atom is -0.468 e. The highest BCUT2D eigenvalue weighted by Gasteiger charge is 2.32. The van der Waals surface area contributed by atoms with Gasteiger partial charge in [-0.05, 0) is 43.3 Å². The molecule has 0 saturated heterocycles. The summed E-state index contributed by atoms with van der Waals surface area (Å²) in [5, 5.41) is 3.59. The predicted molar refractivity (Wildman–Crippen MR) is 103 cm³/mol. The molecule has 0 fully saturated rings. The van der Waals surface area contributed by atoms with Crippen LogP contribution in [0.25, 0.3) is 0 Å². The van der Waals surface area contributed by atoms with E-state index in [1.165, 1.54) is 30.7 Å². The Bertz CT molecular complexity index is 1050. The molecule has 152 valence electrons. The van der Waals surface area contributed by atoms with E-state index in [4.69, 9.17) is 8.83 Å². The molecule has 8 nitrogen and oxygen atoms in total. The Kier molecular flexibility index (Phi) is 6.18. The molecule has 1 atom stereocenters. The van der Waals surface area contributed by atoms with E-state index in [1.807, 2.05) is 6.92 Å². The van der Waals surface area contributed by atoms with Crippen LogP contribution in [0.15, 0.2) is 74.8 Å². The van der Waals surface area contributed by atoms with Crippen molar-refractivity contribution in [3.8, 4) is 0 Å². The first kappa shape index (κ1) is 20.4.